The second-order valence-electron chi connectivity index (χ2n) is 5.78. The lowest BCUT2D eigenvalue weighted by Crippen LogP contribution is -2.14. The highest BCUT2D eigenvalue weighted by molar-refractivity contribution is 7.92. The molecular weight excluding hydrogens is 321 g/mol. The van der Waals surface area contributed by atoms with Gasteiger partial charge in [0.05, 0.1) is 28.5 Å². The van der Waals surface area contributed by atoms with Crippen LogP contribution >= 0.6 is 0 Å². The van der Waals surface area contributed by atoms with Gasteiger partial charge in [-0.05, 0) is 25.8 Å². The van der Waals surface area contributed by atoms with Crippen molar-refractivity contribution in [3.05, 3.63) is 35.9 Å². The normalized spacial score (nSPS) is 15.9. The fourth-order valence-corrected chi connectivity index (χ4v) is 4.10. The van der Waals surface area contributed by atoms with Gasteiger partial charge in [0.1, 0.15) is 11.6 Å². The molecule has 0 saturated heterocycles. The Kier molecular flexibility index (Phi) is 4.01. The van der Waals surface area contributed by atoms with Crippen molar-refractivity contribution in [2.45, 2.75) is 43.5 Å². The summed E-state index contributed by atoms with van der Waals surface area (Å²) in [7, 11) is -3.99. The fourth-order valence-electron chi connectivity index (χ4n) is 2.95. The molecule has 6 nitrogen and oxygen atoms in total. The number of nitrogens with one attached hydrogen (secondary N) is 1. The zero-order valence-corrected chi connectivity index (χ0v) is 13.5. The highest BCUT2D eigenvalue weighted by Gasteiger charge is 2.23. The molecule has 8 heteroatoms. The third kappa shape index (κ3) is 3.17. The van der Waals surface area contributed by atoms with Crippen LogP contribution in [0.1, 0.15) is 37.4 Å². The molecule has 1 aliphatic carbocycles. The van der Waals surface area contributed by atoms with Gasteiger partial charge < -0.3 is 5.11 Å². The van der Waals surface area contributed by atoms with Crippen LogP contribution in [0.25, 0.3) is 0 Å². The molecule has 1 saturated carbocycles. The van der Waals surface area contributed by atoms with Crippen molar-refractivity contribution in [1.82, 2.24) is 9.78 Å². The molecule has 0 radical (unpaired) electrons. The lowest BCUT2D eigenvalue weighted by Gasteiger charge is -2.13. The first-order chi connectivity index (χ1) is 10.9. The van der Waals surface area contributed by atoms with Crippen LogP contribution in [0.15, 0.2) is 29.3 Å². The summed E-state index contributed by atoms with van der Waals surface area (Å²) in [5.74, 6) is -1.26. The predicted octanol–water partition coefficient (Wildman–Crippen LogP) is 2.95. The second-order valence-corrected chi connectivity index (χ2v) is 7.46. The Morgan fingerprint density at radius 3 is 2.65 bits per heavy atom. The van der Waals surface area contributed by atoms with E-state index in [4.69, 9.17) is 0 Å². The number of hydrogen-bond acceptors (Lipinski definition) is 4. The minimum absolute atomic E-state index is 0.298. The number of nitrogens with zero attached hydrogens (tertiary/aromatic N) is 2. The van der Waals surface area contributed by atoms with Gasteiger partial charge in [0, 0.05) is 12.1 Å². The van der Waals surface area contributed by atoms with Gasteiger partial charge in [0.15, 0.2) is 0 Å². The maximum atomic E-state index is 13.3. The molecule has 0 atom stereocenters. The van der Waals surface area contributed by atoms with Gasteiger partial charge in [0.25, 0.3) is 10.0 Å². The molecule has 1 aliphatic rings. The largest absolute Gasteiger partial charge is 0.508 e. The highest BCUT2D eigenvalue weighted by atomic mass is 32.2. The summed E-state index contributed by atoms with van der Waals surface area (Å²) in [6.07, 6.45) is 5.82. The highest BCUT2D eigenvalue weighted by Crippen LogP contribution is 2.32. The van der Waals surface area contributed by atoms with E-state index < -0.39 is 21.6 Å². The summed E-state index contributed by atoms with van der Waals surface area (Å²) in [6.45, 7) is 1.80. The number of halogens is 1. The number of rotatable bonds is 4. The van der Waals surface area contributed by atoms with Crippen LogP contribution in [0.2, 0.25) is 0 Å². The fraction of sp³-hybridized carbons (Fsp3) is 0.400. The average molecular weight is 339 g/mol. The first-order valence-electron chi connectivity index (χ1n) is 7.43. The van der Waals surface area contributed by atoms with Crippen LogP contribution < -0.4 is 4.72 Å². The van der Waals surface area contributed by atoms with Gasteiger partial charge >= 0.3 is 0 Å². The zero-order chi connectivity index (χ0) is 16.6. The topological polar surface area (TPSA) is 84.2 Å². The van der Waals surface area contributed by atoms with Gasteiger partial charge in [-0.25, -0.2) is 12.8 Å². The van der Waals surface area contributed by atoms with E-state index in [9.17, 15) is 17.9 Å². The summed E-state index contributed by atoms with van der Waals surface area (Å²) < 4.78 is 42.3. The molecular formula is C15H18FN3O3S. The molecule has 124 valence electrons. The maximum absolute atomic E-state index is 13.3. The van der Waals surface area contributed by atoms with E-state index in [1.807, 2.05) is 4.68 Å². The van der Waals surface area contributed by atoms with Gasteiger partial charge in [-0.15, -0.1) is 0 Å². The van der Waals surface area contributed by atoms with Crippen molar-refractivity contribution in [3.63, 3.8) is 0 Å². The molecule has 2 aromatic rings. The molecule has 0 unspecified atom stereocenters. The summed E-state index contributed by atoms with van der Waals surface area (Å²) in [4.78, 5) is -0.331. The minimum atomic E-state index is -3.99. The third-order valence-corrected chi connectivity index (χ3v) is 5.47. The Balaban J connectivity index is 1.89. The van der Waals surface area contributed by atoms with Crippen molar-refractivity contribution in [2.75, 3.05) is 4.72 Å². The Morgan fingerprint density at radius 1 is 1.30 bits per heavy atom. The Morgan fingerprint density at radius 2 is 2.00 bits per heavy atom. The van der Waals surface area contributed by atoms with Crippen molar-refractivity contribution in [1.29, 1.82) is 0 Å². The van der Waals surface area contributed by atoms with E-state index >= 15 is 0 Å². The van der Waals surface area contributed by atoms with E-state index in [0.717, 1.165) is 49.6 Å². The number of phenolic OH excluding ortho intramolecular Hbond substituents is 1. The number of hydrogen-bond donors (Lipinski definition) is 2. The maximum Gasteiger partial charge on any atom is 0.262 e. The van der Waals surface area contributed by atoms with Crippen LogP contribution in [0, 0.1) is 12.7 Å². The van der Waals surface area contributed by atoms with Crippen LogP contribution in [0.3, 0.4) is 0 Å². The standard InChI is InChI=1S/C15H18FN3O3S/c1-10-15(9-17-19(10)12-4-2-3-5-12)18-23(21,22)14-7-11(16)6-13(20)8-14/h6-9,12,18,20H,2-5H2,1H3. The van der Waals surface area contributed by atoms with E-state index in [1.165, 1.54) is 6.20 Å². The second kappa shape index (κ2) is 5.84. The molecule has 0 aliphatic heterocycles. The number of phenols is 1. The summed E-state index contributed by atoms with van der Waals surface area (Å²) in [6, 6.07) is 3.01. The smallest absolute Gasteiger partial charge is 0.262 e. The van der Waals surface area contributed by atoms with E-state index in [1.54, 1.807) is 6.92 Å². The molecule has 23 heavy (non-hydrogen) atoms. The summed E-state index contributed by atoms with van der Waals surface area (Å²) in [5, 5.41) is 13.7. The third-order valence-electron chi connectivity index (χ3n) is 4.13. The van der Waals surface area contributed by atoms with Gasteiger partial charge in [0.2, 0.25) is 0 Å². The lowest BCUT2D eigenvalue weighted by molar-refractivity contribution is 0.457. The number of benzene rings is 1. The molecule has 0 amide bonds. The molecule has 1 aromatic carbocycles. The van der Waals surface area contributed by atoms with Crippen molar-refractivity contribution in [3.8, 4) is 5.75 Å². The molecule has 0 spiro atoms. The quantitative estimate of drug-likeness (QED) is 0.897. The van der Waals surface area contributed by atoms with Crippen LogP contribution in [0.4, 0.5) is 10.1 Å². The Hall–Kier alpha value is -2.09. The SMILES string of the molecule is Cc1c(NS(=O)(=O)c2cc(O)cc(F)c2)cnn1C1CCCC1. The molecule has 1 heterocycles. The number of aromatic hydroxyl groups is 1. The van der Waals surface area contributed by atoms with Crippen molar-refractivity contribution in [2.24, 2.45) is 0 Å². The van der Waals surface area contributed by atoms with E-state index in [-0.39, 0.29) is 4.90 Å². The monoisotopic (exact) mass is 339 g/mol. The lowest BCUT2D eigenvalue weighted by atomic mass is 10.2. The van der Waals surface area contributed by atoms with Crippen LogP contribution in [-0.4, -0.2) is 23.3 Å². The molecule has 1 fully saturated rings. The Bertz CT molecular complexity index is 806. The number of sulfonamides is 1. The van der Waals surface area contributed by atoms with E-state index in [0.29, 0.717) is 11.7 Å². The van der Waals surface area contributed by atoms with Crippen LogP contribution in [-0.2, 0) is 10.0 Å². The molecule has 3 rings (SSSR count). The molecule has 2 N–H and O–H groups in total. The number of anilines is 1. The number of aromatic nitrogens is 2. The minimum Gasteiger partial charge on any atom is -0.508 e. The summed E-state index contributed by atoms with van der Waals surface area (Å²) in [5.41, 5.74) is 1.08. The van der Waals surface area contributed by atoms with Crippen LogP contribution in [0.5, 0.6) is 5.75 Å². The predicted molar refractivity (Wildman–Crippen MR) is 83.3 cm³/mol. The van der Waals surface area contributed by atoms with Gasteiger partial charge in [-0.2, -0.15) is 5.10 Å². The summed E-state index contributed by atoms with van der Waals surface area (Å²) >= 11 is 0. The van der Waals surface area contributed by atoms with Gasteiger partial charge in [-0.3, -0.25) is 9.40 Å². The first kappa shape index (κ1) is 15.8. The van der Waals surface area contributed by atoms with Crippen molar-refractivity contribution < 1.29 is 17.9 Å². The average Bonchev–Trinajstić information content (AvgIpc) is 3.09. The Labute approximate surface area is 134 Å². The first-order valence-corrected chi connectivity index (χ1v) is 8.91. The van der Waals surface area contributed by atoms with Crippen molar-refractivity contribution >= 4 is 15.7 Å². The zero-order valence-electron chi connectivity index (χ0n) is 12.7. The van der Waals surface area contributed by atoms with E-state index in [2.05, 4.69) is 9.82 Å². The molecule has 1 aromatic heterocycles. The molecule has 0 bridgehead atoms. The van der Waals surface area contributed by atoms with Gasteiger partial charge in [-0.1, -0.05) is 12.8 Å².